The molecule has 7 heteroatoms. The van der Waals surface area contributed by atoms with Gasteiger partial charge < -0.3 is 9.80 Å². The Morgan fingerprint density at radius 1 is 1.20 bits per heavy atom. The van der Waals surface area contributed by atoms with E-state index in [0.29, 0.717) is 13.1 Å². The van der Waals surface area contributed by atoms with Crippen LogP contribution < -0.4 is 4.90 Å². The van der Waals surface area contributed by atoms with Gasteiger partial charge >= 0.3 is 0 Å². The predicted octanol–water partition coefficient (Wildman–Crippen LogP) is 2.26. The Hall–Kier alpha value is -1.47. The summed E-state index contributed by atoms with van der Waals surface area (Å²) in [6, 6.07) is 3.68. The molecule has 0 saturated carbocycles. The fraction of sp³-hybridized carbons (Fsp3) is 0.308. The molecular weight excluding hydrogens is 340 g/mol. The van der Waals surface area contributed by atoms with Crippen molar-refractivity contribution in [2.45, 2.75) is 0 Å². The van der Waals surface area contributed by atoms with E-state index in [0.717, 1.165) is 28.4 Å². The van der Waals surface area contributed by atoms with Gasteiger partial charge in [-0.15, -0.1) is 11.3 Å². The second kappa shape index (κ2) is 5.88. The number of hydrogen-bond donors (Lipinski definition) is 0. The Labute approximate surface area is 129 Å². The first kappa shape index (κ1) is 13.5. The van der Waals surface area contributed by atoms with Crippen molar-refractivity contribution in [3.8, 4) is 0 Å². The van der Waals surface area contributed by atoms with Crippen LogP contribution in [0.3, 0.4) is 0 Å². The Bertz CT molecular complexity index is 595. The van der Waals surface area contributed by atoms with E-state index in [1.165, 1.54) is 11.3 Å². The molecule has 0 spiro atoms. The fourth-order valence-corrected chi connectivity index (χ4v) is 3.54. The molecule has 3 rings (SSSR count). The second-order valence-electron chi connectivity index (χ2n) is 4.46. The zero-order valence-electron chi connectivity index (χ0n) is 10.7. The van der Waals surface area contributed by atoms with E-state index >= 15 is 0 Å². The molecule has 0 radical (unpaired) electrons. The minimum absolute atomic E-state index is 0.106. The summed E-state index contributed by atoms with van der Waals surface area (Å²) in [5.74, 6) is 0.841. The van der Waals surface area contributed by atoms with Crippen LogP contribution in [0.1, 0.15) is 9.67 Å². The van der Waals surface area contributed by atoms with Gasteiger partial charge in [0.25, 0.3) is 5.91 Å². The van der Waals surface area contributed by atoms with E-state index in [9.17, 15) is 4.79 Å². The largest absolute Gasteiger partial charge is 0.337 e. The molecule has 0 bridgehead atoms. The van der Waals surface area contributed by atoms with Crippen LogP contribution in [0.2, 0.25) is 0 Å². The summed E-state index contributed by atoms with van der Waals surface area (Å²) < 4.78 is 0.960. The lowest BCUT2D eigenvalue weighted by atomic mass is 10.3. The van der Waals surface area contributed by atoms with Crippen molar-refractivity contribution in [3.05, 3.63) is 39.3 Å². The minimum atomic E-state index is 0.106. The number of thiophene rings is 1. The maximum atomic E-state index is 12.3. The van der Waals surface area contributed by atoms with Crippen LogP contribution in [0.5, 0.6) is 0 Å². The summed E-state index contributed by atoms with van der Waals surface area (Å²) in [6.07, 6.45) is 3.48. The van der Waals surface area contributed by atoms with Crippen molar-refractivity contribution in [3.63, 3.8) is 0 Å². The highest BCUT2D eigenvalue weighted by Gasteiger charge is 2.24. The lowest BCUT2D eigenvalue weighted by Gasteiger charge is -2.34. The number of hydrogen-bond acceptors (Lipinski definition) is 5. The molecular formula is C13H13BrN4OS. The number of amides is 1. The normalized spacial score (nSPS) is 15.4. The first-order valence-electron chi connectivity index (χ1n) is 6.29. The molecule has 0 N–H and O–H groups in total. The highest BCUT2D eigenvalue weighted by molar-refractivity contribution is 9.10. The molecule has 1 fully saturated rings. The highest BCUT2D eigenvalue weighted by Crippen LogP contribution is 2.22. The molecule has 20 heavy (non-hydrogen) atoms. The fourth-order valence-electron chi connectivity index (χ4n) is 2.15. The van der Waals surface area contributed by atoms with Gasteiger partial charge in [-0.3, -0.25) is 4.79 Å². The SMILES string of the molecule is O=C(c1cc(Br)cs1)N1CCN(c2ncccn2)CC1. The smallest absolute Gasteiger partial charge is 0.264 e. The van der Waals surface area contributed by atoms with E-state index in [-0.39, 0.29) is 5.91 Å². The molecule has 1 aliphatic rings. The molecule has 1 aliphatic heterocycles. The van der Waals surface area contributed by atoms with Gasteiger partial charge in [-0.25, -0.2) is 9.97 Å². The third-order valence-corrected chi connectivity index (χ3v) is 4.86. The van der Waals surface area contributed by atoms with Crippen molar-refractivity contribution in [2.24, 2.45) is 0 Å². The summed E-state index contributed by atoms with van der Waals surface area (Å²) in [5.41, 5.74) is 0. The molecule has 3 heterocycles. The first-order valence-corrected chi connectivity index (χ1v) is 7.96. The van der Waals surface area contributed by atoms with Gasteiger partial charge in [0.05, 0.1) is 4.88 Å². The van der Waals surface area contributed by atoms with E-state index in [1.54, 1.807) is 18.5 Å². The van der Waals surface area contributed by atoms with Gasteiger partial charge in [0.15, 0.2) is 0 Å². The third-order valence-electron chi connectivity index (χ3n) is 3.18. The Kier molecular flexibility index (Phi) is 3.98. The topological polar surface area (TPSA) is 49.3 Å². The lowest BCUT2D eigenvalue weighted by molar-refractivity contribution is 0.0751. The van der Waals surface area contributed by atoms with Gasteiger partial charge in [0, 0.05) is 48.4 Å². The second-order valence-corrected chi connectivity index (χ2v) is 6.28. The maximum Gasteiger partial charge on any atom is 0.264 e. The van der Waals surface area contributed by atoms with Crippen LogP contribution in [-0.2, 0) is 0 Å². The van der Waals surface area contributed by atoms with Crippen LogP contribution in [0.4, 0.5) is 5.95 Å². The molecule has 104 valence electrons. The van der Waals surface area contributed by atoms with E-state index < -0.39 is 0 Å². The number of nitrogens with zero attached hydrogens (tertiary/aromatic N) is 4. The number of rotatable bonds is 2. The van der Waals surface area contributed by atoms with E-state index in [4.69, 9.17) is 0 Å². The van der Waals surface area contributed by atoms with Crippen molar-refractivity contribution in [1.29, 1.82) is 0 Å². The number of halogens is 1. The lowest BCUT2D eigenvalue weighted by Crippen LogP contribution is -2.49. The highest BCUT2D eigenvalue weighted by atomic mass is 79.9. The van der Waals surface area contributed by atoms with Crippen LogP contribution in [0, 0.1) is 0 Å². The average Bonchev–Trinajstić information content (AvgIpc) is 2.94. The number of piperazine rings is 1. The van der Waals surface area contributed by atoms with Crippen LogP contribution in [-0.4, -0.2) is 47.0 Å². The average molecular weight is 353 g/mol. The van der Waals surface area contributed by atoms with Crippen LogP contribution in [0.25, 0.3) is 0 Å². The van der Waals surface area contributed by atoms with E-state index in [2.05, 4.69) is 30.8 Å². The number of carbonyl (C=O) groups is 1. The first-order chi connectivity index (χ1) is 9.74. The molecule has 5 nitrogen and oxygen atoms in total. The molecule has 0 atom stereocenters. The predicted molar refractivity (Wildman–Crippen MR) is 82.2 cm³/mol. The Morgan fingerprint density at radius 3 is 2.50 bits per heavy atom. The summed E-state index contributed by atoms with van der Waals surface area (Å²) in [6.45, 7) is 2.93. The zero-order valence-corrected chi connectivity index (χ0v) is 13.1. The molecule has 0 aliphatic carbocycles. The van der Waals surface area contributed by atoms with Gasteiger partial charge in [-0.2, -0.15) is 0 Å². The Morgan fingerprint density at radius 2 is 1.90 bits per heavy atom. The zero-order chi connectivity index (χ0) is 13.9. The Balaban J connectivity index is 1.63. The van der Waals surface area contributed by atoms with Crippen molar-refractivity contribution < 1.29 is 4.79 Å². The quantitative estimate of drug-likeness (QED) is 0.831. The molecule has 2 aromatic rings. The minimum Gasteiger partial charge on any atom is -0.337 e. The van der Waals surface area contributed by atoms with Gasteiger partial charge in [0.2, 0.25) is 5.95 Å². The molecule has 2 aromatic heterocycles. The molecule has 0 aromatic carbocycles. The molecule has 0 unspecified atom stereocenters. The summed E-state index contributed by atoms with van der Waals surface area (Å²) in [5, 5.41) is 1.93. The number of carbonyl (C=O) groups excluding carboxylic acids is 1. The monoisotopic (exact) mass is 352 g/mol. The van der Waals surface area contributed by atoms with Gasteiger partial charge in [-0.1, -0.05) is 0 Å². The van der Waals surface area contributed by atoms with Gasteiger partial charge in [-0.05, 0) is 28.1 Å². The van der Waals surface area contributed by atoms with Crippen LogP contribution >= 0.6 is 27.3 Å². The molecule has 1 amide bonds. The summed E-state index contributed by atoms with van der Waals surface area (Å²) in [4.78, 5) is 25.6. The standard InChI is InChI=1S/C13H13BrN4OS/c14-10-8-11(20-9-10)12(19)17-4-6-18(7-5-17)13-15-2-1-3-16-13/h1-3,8-9H,4-7H2. The van der Waals surface area contributed by atoms with Crippen molar-refractivity contribution in [1.82, 2.24) is 14.9 Å². The molecule has 1 saturated heterocycles. The van der Waals surface area contributed by atoms with Crippen molar-refractivity contribution in [2.75, 3.05) is 31.1 Å². The van der Waals surface area contributed by atoms with E-state index in [1.807, 2.05) is 16.3 Å². The number of anilines is 1. The number of aromatic nitrogens is 2. The van der Waals surface area contributed by atoms with Crippen molar-refractivity contribution >= 4 is 39.1 Å². The summed E-state index contributed by atoms with van der Waals surface area (Å²) in [7, 11) is 0. The van der Waals surface area contributed by atoms with Gasteiger partial charge in [0.1, 0.15) is 0 Å². The van der Waals surface area contributed by atoms with Crippen LogP contribution in [0.15, 0.2) is 34.4 Å². The third kappa shape index (κ3) is 2.83. The maximum absolute atomic E-state index is 12.3. The summed E-state index contributed by atoms with van der Waals surface area (Å²) >= 11 is 4.85.